The van der Waals surface area contributed by atoms with Gasteiger partial charge in [0.2, 0.25) is 0 Å². The summed E-state index contributed by atoms with van der Waals surface area (Å²) in [7, 11) is 0. The van der Waals surface area contributed by atoms with E-state index in [2.05, 4.69) is 21.2 Å². The van der Waals surface area contributed by atoms with Crippen molar-refractivity contribution >= 4 is 27.8 Å². The topological polar surface area (TPSA) is 66.4 Å². The van der Waals surface area contributed by atoms with Gasteiger partial charge in [0.25, 0.3) is 5.91 Å². The zero-order chi connectivity index (χ0) is 14.6. The maximum Gasteiger partial charge on any atom is 0.329 e. The van der Waals surface area contributed by atoms with Crippen LogP contribution >= 0.6 is 15.9 Å². The molecule has 6 heteroatoms. The normalized spacial score (nSPS) is 13.7. The van der Waals surface area contributed by atoms with Crippen molar-refractivity contribution in [1.82, 2.24) is 5.32 Å². The maximum absolute atomic E-state index is 13.3. The maximum atomic E-state index is 13.3. The highest BCUT2D eigenvalue weighted by molar-refractivity contribution is 9.10. The van der Waals surface area contributed by atoms with E-state index in [1.54, 1.807) is 0 Å². The molecule has 0 heterocycles. The molecule has 1 amide bonds. The van der Waals surface area contributed by atoms with Crippen molar-refractivity contribution in [2.45, 2.75) is 32.2 Å². The number of hydrogen-bond acceptors (Lipinski definition) is 2. The van der Waals surface area contributed by atoms with E-state index < -0.39 is 23.2 Å². The van der Waals surface area contributed by atoms with Crippen molar-refractivity contribution in [2.75, 3.05) is 0 Å². The molecule has 0 saturated carbocycles. The molecule has 2 N–H and O–H groups in total. The van der Waals surface area contributed by atoms with Crippen LogP contribution in [0.4, 0.5) is 4.39 Å². The fourth-order valence-corrected chi connectivity index (χ4v) is 2.16. The Bertz CT molecular complexity index is 507. The van der Waals surface area contributed by atoms with Crippen LogP contribution in [0, 0.1) is 5.82 Å². The van der Waals surface area contributed by atoms with Crippen LogP contribution in [0.1, 0.15) is 37.0 Å². The molecule has 0 bridgehead atoms. The van der Waals surface area contributed by atoms with E-state index in [1.807, 2.05) is 6.92 Å². The quantitative estimate of drug-likeness (QED) is 0.871. The first-order valence-corrected chi connectivity index (χ1v) is 6.61. The number of benzene rings is 1. The summed E-state index contributed by atoms with van der Waals surface area (Å²) in [6.07, 6.45) is 0.897. The Morgan fingerprint density at radius 2 is 2.11 bits per heavy atom. The number of carbonyl (C=O) groups is 2. The van der Waals surface area contributed by atoms with E-state index >= 15 is 0 Å². The molecule has 1 rings (SSSR count). The monoisotopic (exact) mass is 331 g/mol. The largest absolute Gasteiger partial charge is 0.480 e. The summed E-state index contributed by atoms with van der Waals surface area (Å²) in [5, 5.41) is 11.6. The molecule has 0 fully saturated rings. The number of amides is 1. The van der Waals surface area contributed by atoms with Crippen LogP contribution in [0.15, 0.2) is 22.7 Å². The summed E-state index contributed by atoms with van der Waals surface area (Å²) < 4.78 is 13.4. The Balaban J connectivity index is 3.01. The molecule has 0 aliphatic carbocycles. The van der Waals surface area contributed by atoms with Crippen molar-refractivity contribution in [3.05, 3.63) is 34.1 Å². The summed E-state index contributed by atoms with van der Waals surface area (Å²) >= 11 is 2.98. The number of hydrogen-bond donors (Lipinski definition) is 2. The lowest BCUT2D eigenvalue weighted by Gasteiger charge is -2.26. The molecule has 1 unspecified atom stereocenters. The van der Waals surface area contributed by atoms with Gasteiger partial charge in [-0.15, -0.1) is 0 Å². The van der Waals surface area contributed by atoms with E-state index in [0.29, 0.717) is 12.8 Å². The molecule has 19 heavy (non-hydrogen) atoms. The molecule has 1 aromatic rings. The van der Waals surface area contributed by atoms with Crippen molar-refractivity contribution in [2.24, 2.45) is 0 Å². The van der Waals surface area contributed by atoms with E-state index in [9.17, 15) is 19.1 Å². The van der Waals surface area contributed by atoms with Gasteiger partial charge < -0.3 is 10.4 Å². The smallest absolute Gasteiger partial charge is 0.329 e. The SMILES string of the molecule is CCCC(C)(NC(=O)c1cccc(F)c1Br)C(=O)O. The Labute approximate surface area is 119 Å². The second kappa shape index (κ2) is 6.14. The number of carboxylic acid groups (broad SMARTS) is 1. The Morgan fingerprint density at radius 1 is 1.47 bits per heavy atom. The van der Waals surface area contributed by atoms with Gasteiger partial charge >= 0.3 is 5.97 Å². The average molecular weight is 332 g/mol. The van der Waals surface area contributed by atoms with Gasteiger partial charge in [0.15, 0.2) is 0 Å². The molecule has 1 aromatic carbocycles. The van der Waals surface area contributed by atoms with Crippen LogP contribution in [0.25, 0.3) is 0 Å². The van der Waals surface area contributed by atoms with Gasteiger partial charge in [0.1, 0.15) is 11.4 Å². The Morgan fingerprint density at radius 3 is 2.63 bits per heavy atom. The third-order valence-electron chi connectivity index (χ3n) is 2.81. The van der Waals surface area contributed by atoms with E-state index in [0.717, 1.165) is 0 Å². The molecule has 0 aliphatic heterocycles. The number of halogens is 2. The van der Waals surface area contributed by atoms with Gasteiger partial charge in [-0.2, -0.15) is 0 Å². The zero-order valence-electron chi connectivity index (χ0n) is 10.7. The number of carboxylic acids is 1. The summed E-state index contributed by atoms with van der Waals surface area (Å²) in [5.74, 6) is -2.31. The van der Waals surface area contributed by atoms with Crippen LogP contribution < -0.4 is 5.32 Å². The molecule has 4 nitrogen and oxygen atoms in total. The summed E-state index contributed by atoms with van der Waals surface area (Å²) in [4.78, 5) is 23.3. The van der Waals surface area contributed by atoms with Crippen LogP contribution in [0.2, 0.25) is 0 Å². The first kappa shape index (κ1) is 15.6. The average Bonchev–Trinajstić information content (AvgIpc) is 2.32. The fourth-order valence-electron chi connectivity index (χ4n) is 1.72. The highest BCUT2D eigenvalue weighted by Crippen LogP contribution is 2.22. The van der Waals surface area contributed by atoms with Gasteiger partial charge in [-0.3, -0.25) is 4.79 Å². The molecule has 104 valence electrons. The second-order valence-electron chi connectivity index (χ2n) is 4.44. The lowest BCUT2D eigenvalue weighted by molar-refractivity contribution is -0.144. The number of nitrogens with one attached hydrogen (secondary N) is 1. The molecule has 0 radical (unpaired) electrons. The predicted molar refractivity (Wildman–Crippen MR) is 72.5 cm³/mol. The van der Waals surface area contributed by atoms with Crippen LogP contribution in [0.5, 0.6) is 0 Å². The van der Waals surface area contributed by atoms with Crippen LogP contribution in [-0.2, 0) is 4.79 Å². The first-order valence-electron chi connectivity index (χ1n) is 5.81. The van der Waals surface area contributed by atoms with Crippen molar-refractivity contribution in [3.8, 4) is 0 Å². The third kappa shape index (κ3) is 3.53. The summed E-state index contributed by atoms with van der Waals surface area (Å²) in [5.41, 5.74) is -1.29. The molecule has 0 aliphatic rings. The minimum absolute atomic E-state index is 0.0248. The number of aliphatic carboxylic acids is 1. The molecule has 0 aromatic heterocycles. The van der Waals surface area contributed by atoms with Gasteiger partial charge in [0, 0.05) is 0 Å². The fraction of sp³-hybridized carbons (Fsp3) is 0.385. The van der Waals surface area contributed by atoms with Crippen molar-refractivity contribution < 1.29 is 19.1 Å². The molecular formula is C13H15BrFNO3. The zero-order valence-corrected chi connectivity index (χ0v) is 12.3. The second-order valence-corrected chi connectivity index (χ2v) is 5.24. The molecule has 0 spiro atoms. The predicted octanol–water partition coefficient (Wildman–Crippen LogP) is 2.96. The highest BCUT2D eigenvalue weighted by atomic mass is 79.9. The highest BCUT2D eigenvalue weighted by Gasteiger charge is 2.34. The Kier molecular flexibility index (Phi) is 5.05. The van der Waals surface area contributed by atoms with Crippen molar-refractivity contribution in [3.63, 3.8) is 0 Å². The van der Waals surface area contributed by atoms with Crippen LogP contribution in [0.3, 0.4) is 0 Å². The summed E-state index contributed by atoms with van der Waals surface area (Å²) in [6.45, 7) is 3.26. The Hall–Kier alpha value is -1.43. The molecule has 1 atom stereocenters. The van der Waals surface area contributed by atoms with Gasteiger partial charge in [0.05, 0.1) is 10.0 Å². The number of carbonyl (C=O) groups excluding carboxylic acids is 1. The lowest BCUT2D eigenvalue weighted by atomic mass is 9.95. The minimum atomic E-state index is -1.36. The third-order valence-corrected chi connectivity index (χ3v) is 3.61. The molecular weight excluding hydrogens is 317 g/mol. The summed E-state index contributed by atoms with van der Waals surface area (Å²) in [6, 6.07) is 4.03. The van der Waals surface area contributed by atoms with Crippen molar-refractivity contribution in [1.29, 1.82) is 0 Å². The first-order chi connectivity index (χ1) is 8.81. The standard InChI is InChI=1S/C13H15BrFNO3/c1-3-7-13(2,12(18)19)16-11(17)8-5-4-6-9(15)10(8)14/h4-6H,3,7H2,1-2H3,(H,16,17)(H,18,19). The van der Waals surface area contributed by atoms with E-state index in [1.165, 1.54) is 25.1 Å². The minimum Gasteiger partial charge on any atom is -0.480 e. The lowest BCUT2D eigenvalue weighted by Crippen LogP contribution is -2.52. The van der Waals surface area contributed by atoms with E-state index in [-0.39, 0.29) is 10.0 Å². The number of rotatable bonds is 5. The van der Waals surface area contributed by atoms with E-state index in [4.69, 9.17) is 0 Å². The van der Waals surface area contributed by atoms with Gasteiger partial charge in [-0.25, -0.2) is 9.18 Å². The van der Waals surface area contributed by atoms with Gasteiger partial charge in [-0.05, 0) is 41.4 Å². The van der Waals surface area contributed by atoms with Gasteiger partial charge in [-0.1, -0.05) is 19.4 Å². The molecule has 0 saturated heterocycles. The van der Waals surface area contributed by atoms with Crippen LogP contribution in [-0.4, -0.2) is 22.5 Å².